The first kappa shape index (κ1) is 14.9. The number of hydrogen-bond acceptors (Lipinski definition) is 3. The molecule has 1 aromatic carbocycles. The molecule has 1 aromatic heterocycles. The number of rotatable bonds is 3. The van der Waals surface area contributed by atoms with E-state index < -0.39 is 28.3 Å². The predicted molar refractivity (Wildman–Crippen MR) is 64.1 cm³/mol. The molecule has 0 atom stereocenters. The van der Waals surface area contributed by atoms with Crippen molar-refractivity contribution < 1.29 is 22.5 Å². The Kier molecular flexibility index (Phi) is 3.67. The van der Waals surface area contributed by atoms with Crippen LogP contribution in [0.5, 0.6) is 0 Å². The number of aromatic nitrogens is 2. The van der Waals surface area contributed by atoms with E-state index in [0.717, 1.165) is 16.8 Å². The third-order valence-corrected chi connectivity index (χ3v) is 2.87. The Hall–Kier alpha value is -2.45. The molecule has 0 spiro atoms. The average molecular weight is 303 g/mol. The molecule has 1 heterocycles. The summed E-state index contributed by atoms with van der Waals surface area (Å²) in [7, 11) is 0. The van der Waals surface area contributed by atoms with E-state index in [1.165, 1.54) is 19.1 Å². The largest absolute Gasteiger partial charge is 0.442 e. The lowest BCUT2D eigenvalue weighted by Crippen LogP contribution is -2.10. The number of benzene rings is 1. The van der Waals surface area contributed by atoms with Crippen LogP contribution in [0.25, 0.3) is 0 Å². The van der Waals surface area contributed by atoms with Crippen molar-refractivity contribution in [3.63, 3.8) is 0 Å². The van der Waals surface area contributed by atoms with Crippen molar-refractivity contribution in [1.82, 2.24) is 9.78 Å². The Labute approximate surface area is 116 Å². The van der Waals surface area contributed by atoms with E-state index in [9.17, 15) is 27.7 Å². The molecule has 0 bridgehead atoms. The number of nitro groups is 1. The normalized spacial score (nSPS) is 11.7. The fourth-order valence-electron chi connectivity index (χ4n) is 1.86. The molecule has 112 valence electrons. The Morgan fingerprint density at radius 3 is 2.29 bits per heavy atom. The van der Waals surface area contributed by atoms with Crippen molar-refractivity contribution in [3.8, 4) is 0 Å². The predicted octanol–water partition coefficient (Wildman–Crippen LogP) is 3.31. The van der Waals surface area contributed by atoms with Crippen LogP contribution in [0.3, 0.4) is 0 Å². The van der Waals surface area contributed by atoms with Crippen molar-refractivity contribution in [3.05, 3.63) is 57.1 Å². The highest BCUT2D eigenvalue weighted by Crippen LogP contribution is 2.37. The minimum atomic E-state index is -4.92. The minimum Gasteiger partial charge on any atom is -0.258 e. The summed E-state index contributed by atoms with van der Waals surface area (Å²) in [5.74, 6) is -0.488. The van der Waals surface area contributed by atoms with E-state index in [2.05, 4.69) is 5.10 Å². The van der Waals surface area contributed by atoms with Crippen LogP contribution in [-0.4, -0.2) is 14.7 Å². The summed E-state index contributed by atoms with van der Waals surface area (Å²) in [4.78, 5) is 9.70. The van der Waals surface area contributed by atoms with Gasteiger partial charge in [-0.05, 0) is 24.6 Å². The first-order chi connectivity index (χ1) is 9.70. The summed E-state index contributed by atoms with van der Waals surface area (Å²) in [5.41, 5.74) is -2.33. The second-order valence-electron chi connectivity index (χ2n) is 4.32. The smallest absolute Gasteiger partial charge is 0.258 e. The lowest BCUT2D eigenvalue weighted by atomic mass is 10.2. The molecule has 0 unspecified atom stereocenters. The highest BCUT2D eigenvalue weighted by Gasteiger charge is 2.44. The number of halogens is 4. The van der Waals surface area contributed by atoms with Crippen LogP contribution in [-0.2, 0) is 12.7 Å². The third-order valence-electron chi connectivity index (χ3n) is 2.87. The summed E-state index contributed by atoms with van der Waals surface area (Å²) in [5, 5.41) is 14.1. The van der Waals surface area contributed by atoms with Crippen LogP contribution in [0, 0.1) is 22.9 Å². The molecule has 0 aliphatic heterocycles. The van der Waals surface area contributed by atoms with Gasteiger partial charge in [0.05, 0.1) is 11.5 Å². The van der Waals surface area contributed by atoms with Crippen LogP contribution >= 0.6 is 0 Å². The van der Waals surface area contributed by atoms with E-state index in [-0.39, 0.29) is 12.2 Å². The molecule has 0 aliphatic carbocycles. The maximum absolute atomic E-state index is 12.8. The average Bonchev–Trinajstić information content (AvgIpc) is 2.70. The molecule has 0 saturated carbocycles. The van der Waals surface area contributed by atoms with E-state index in [1.54, 1.807) is 0 Å². The van der Waals surface area contributed by atoms with Crippen molar-refractivity contribution in [2.75, 3.05) is 0 Å². The van der Waals surface area contributed by atoms with E-state index in [1.807, 2.05) is 0 Å². The molecule has 0 amide bonds. The van der Waals surface area contributed by atoms with Gasteiger partial charge >= 0.3 is 11.9 Å². The lowest BCUT2D eigenvalue weighted by molar-refractivity contribution is -0.388. The molecule has 21 heavy (non-hydrogen) atoms. The molecule has 2 rings (SSSR count). The van der Waals surface area contributed by atoms with E-state index >= 15 is 0 Å². The van der Waals surface area contributed by atoms with Gasteiger partial charge in [-0.15, -0.1) is 0 Å². The van der Waals surface area contributed by atoms with Crippen LogP contribution in [0.4, 0.5) is 23.2 Å². The van der Waals surface area contributed by atoms with Gasteiger partial charge < -0.3 is 0 Å². The molecule has 5 nitrogen and oxygen atoms in total. The third kappa shape index (κ3) is 3.01. The maximum atomic E-state index is 12.8. The maximum Gasteiger partial charge on any atom is 0.442 e. The molecule has 2 aromatic rings. The summed E-state index contributed by atoms with van der Waals surface area (Å²) < 4.78 is 51.9. The van der Waals surface area contributed by atoms with Crippen LogP contribution < -0.4 is 0 Å². The van der Waals surface area contributed by atoms with Gasteiger partial charge in [0.2, 0.25) is 5.69 Å². The molecule has 0 radical (unpaired) electrons. The van der Waals surface area contributed by atoms with Gasteiger partial charge in [-0.25, -0.2) is 4.39 Å². The van der Waals surface area contributed by atoms with Crippen molar-refractivity contribution in [2.24, 2.45) is 0 Å². The number of alkyl halides is 3. The summed E-state index contributed by atoms with van der Waals surface area (Å²) in [6.45, 7) is 1.06. The number of nitrogens with zero attached hydrogens (tertiary/aromatic N) is 3. The van der Waals surface area contributed by atoms with Crippen LogP contribution in [0.15, 0.2) is 24.3 Å². The molecule has 0 N–H and O–H groups in total. The van der Waals surface area contributed by atoms with Gasteiger partial charge in [-0.3, -0.25) is 14.8 Å². The molecular weight excluding hydrogens is 294 g/mol. The van der Waals surface area contributed by atoms with Gasteiger partial charge in [0.25, 0.3) is 0 Å². The highest BCUT2D eigenvalue weighted by atomic mass is 19.4. The van der Waals surface area contributed by atoms with E-state index in [0.29, 0.717) is 5.56 Å². The molecular formula is C12H9F4N3O2. The zero-order valence-corrected chi connectivity index (χ0v) is 10.7. The zero-order chi connectivity index (χ0) is 15.8. The fourth-order valence-corrected chi connectivity index (χ4v) is 1.86. The standard InChI is InChI=1S/C12H9F4N3O2/c1-7-10(19(20)21)11(12(14,15)16)17-18(7)6-8-2-4-9(13)5-3-8/h2-5H,6H2,1H3. The molecule has 0 aliphatic rings. The first-order valence-corrected chi connectivity index (χ1v) is 5.73. The Morgan fingerprint density at radius 1 is 1.29 bits per heavy atom. The molecule has 0 fully saturated rings. The minimum absolute atomic E-state index is 0.122. The summed E-state index contributed by atoms with van der Waals surface area (Å²) in [6.07, 6.45) is -4.92. The molecule has 9 heteroatoms. The Morgan fingerprint density at radius 2 is 1.86 bits per heavy atom. The van der Waals surface area contributed by atoms with Gasteiger partial charge in [-0.2, -0.15) is 18.3 Å². The topological polar surface area (TPSA) is 61.0 Å². The van der Waals surface area contributed by atoms with Crippen molar-refractivity contribution in [1.29, 1.82) is 0 Å². The fraction of sp³-hybridized carbons (Fsp3) is 0.250. The molecule has 0 saturated heterocycles. The van der Waals surface area contributed by atoms with Crippen LogP contribution in [0.2, 0.25) is 0 Å². The SMILES string of the molecule is Cc1c([N+](=O)[O-])c(C(F)(F)F)nn1Cc1ccc(F)cc1. The summed E-state index contributed by atoms with van der Waals surface area (Å²) >= 11 is 0. The van der Waals surface area contributed by atoms with Crippen molar-refractivity contribution >= 4 is 5.69 Å². The monoisotopic (exact) mass is 303 g/mol. The van der Waals surface area contributed by atoms with Gasteiger partial charge in [0.1, 0.15) is 11.5 Å². The van der Waals surface area contributed by atoms with Gasteiger partial charge in [0, 0.05) is 0 Å². The zero-order valence-electron chi connectivity index (χ0n) is 10.7. The second kappa shape index (κ2) is 5.15. The van der Waals surface area contributed by atoms with Crippen LogP contribution in [0.1, 0.15) is 17.0 Å². The summed E-state index contributed by atoms with van der Waals surface area (Å²) in [6, 6.07) is 5.03. The highest BCUT2D eigenvalue weighted by molar-refractivity contribution is 5.42. The van der Waals surface area contributed by atoms with E-state index in [4.69, 9.17) is 0 Å². The first-order valence-electron chi connectivity index (χ1n) is 5.73. The Bertz CT molecular complexity index is 677. The quantitative estimate of drug-likeness (QED) is 0.496. The number of hydrogen-bond donors (Lipinski definition) is 0. The van der Waals surface area contributed by atoms with Gasteiger partial charge in [0.15, 0.2) is 0 Å². The van der Waals surface area contributed by atoms with Crippen molar-refractivity contribution in [2.45, 2.75) is 19.6 Å². The lowest BCUT2D eigenvalue weighted by Gasteiger charge is -2.04. The van der Waals surface area contributed by atoms with Gasteiger partial charge in [-0.1, -0.05) is 12.1 Å². The Balaban J connectivity index is 2.45. The second-order valence-corrected chi connectivity index (χ2v) is 4.32.